The SMILES string of the molecule is CCn1ncc2c(-c3cncc(C)c3)c(/C=C/C(=O)O)c(CO[Si](c3ccccc3)(c3ccccc3)C(C)(C)C)nc21. The van der Waals surface area contributed by atoms with E-state index >= 15 is 0 Å². The Bertz CT molecular complexity index is 1700. The van der Waals surface area contributed by atoms with Crippen LogP contribution in [0.3, 0.4) is 0 Å². The van der Waals surface area contributed by atoms with Crippen molar-refractivity contribution in [3.8, 4) is 11.1 Å². The largest absolute Gasteiger partial charge is 0.478 e. The summed E-state index contributed by atoms with van der Waals surface area (Å²) in [7, 11) is -2.89. The van der Waals surface area contributed by atoms with Crippen LogP contribution in [0.5, 0.6) is 0 Å². The molecule has 214 valence electrons. The van der Waals surface area contributed by atoms with Crippen LogP contribution in [0.15, 0.2) is 91.4 Å². The standard InChI is InChI=1S/C34H36N4O3Si/c1-6-38-33-29(22-36-38)32(25-19-24(2)20-35-21-25)28(17-18-31(39)40)30(37-33)23-41-42(34(3,4)5,26-13-9-7-10-14-26)27-15-11-8-12-16-27/h7-22H,6,23H2,1-5H3,(H,39,40)/b18-17+. The summed E-state index contributed by atoms with van der Waals surface area (Å²) in [6, 6.07) is 23.0. The van der Waals surface area contributed by atoms with E-state index in [1.54, 1.807) is 24.7 Å². The van der Waals surface area contributed by atoms with E-state index in [1.165, 1.54) is 0 Å². The summed E-state index contributed by atoms with van der Waals surface area (Å²) >= 11 is 0. The number of aryl methyl sites for hydroxylation is 2. The summed E-state index contributed by atoms with van der Waals surface area (Å²) in [5, 5.41) is 17.2. The van der Waals surface area contributed by atoms with E-state index in [0.29, 0.717) is 17.8 Å². The highest BCUT2D eigenvalue weighted by Gasteiger charge is 2.50. The van der Waals surface area contributed by atoms with Crippen molar-refractivity contribution >= 4 is 41.8 Å². The molecule has 5 aromatic rings. The lowest BCUT2D eigenvalue weighted by Gasteiger charge is -2.43. The highest BCUT2D eigenvalue weighted by Crippen LogP contribution is 2.39. The lowest BCUT2D eigenvalue weighted by Crippen LogP contribution is -2.66. The summed E-state index contributed by atoms with van der Waals surface area (Å²) in [6.45, 7) is 11.5. The van der Waals surface area contributed by atoms with Crippen molar-refractivity contribution in [3.05, 3.63) is 108 Å². The van der Waals surface area contributed by atoms with Gasteiger partial charge in [-0.2, -0.15) is 5.10 Å². The Morgan fingerprint density at radius 1 is 1.00 bits per heavy atom. The number of rotatable bonds is 9. The summed E-state index contributed by atoms with van der Waals surface area (Å²) < 4.78 is 9.12. The maximum absolute atomic E-state index is 11.8. The Balaban J connectivity index is 1.77. The number of carboxylic acid groups (broad SMARTS) is 1. The number of hydrogen-bond acceptors (Lipinski definition) is 5. The molecule has 0 saturated heterocycles. The van der Waals surface area contributed by atoms with Gasteiger partial charge in [-0.05, 0) is 47.0 Å². The molecule has 0 amide bonds. The molecule has 1 N–H and O–H groups in total. The molecule has 7 nitrogen and oxygen atoms in total. The lowest BCUT2D eigenvalue weighted by molar-refractivity contribution is -0.131. The predicted octanol–water partition coefficient (Wildman–Crippen LogP) is 6.00. The Kier molecular flexibility index (Phi) is 8.20. The van der Waals surface area contributed by atoms with Gasteiger partial charge < -0.3 is 9.53 Å². The van der Waals surface area contributed by atoms with Gasteiger partial charge in [0.15, 0.2) is 5.65 Å². The van der Waals surface area contributed by atoms with E-state index < -0.39 is 14.3 Å². The molecule has 0 fully saturated rings. The molecule has 0 aliphatic carbocycles. The zero-order chi connectivity index (χ0) is 29.9. The van der Waals surface area contributed by atoms with Gasteiger partial charge in [-0.15, -0.1) is 0 Å². The van der Waals surface area contributed by atoms with Crippen molar-refractivity contribution in [1.82, 2.24) is 19.7 Å². The van der Waals surface area contributed by atoms with Crippen molar-refractivity contribution in [3.63, 3.8) is 0 Å². The number of nitrogens with zero attached hydrogens (tertiary/aromatic N) is 4. The number of benzene rings is 2. The molecule has 0 radical (unpaired) electrons. The molecule has 42 heavy (non-hydrogen) atoms. The average molecular weight is 577 g/mol. The monoisotopic (exact) mass is 576 g/mol. The van der Waals surface area contributed by atoms with Gasteiger partial charge in [0.2, 0.25) is 0 Å². The molecule has 3 aromatic heterocycles. The smallest absolute Gasteiger partial charge is 0.328 e. The fourth-order valence-corrected chi connectivity index (χ4v) is 10.3. The van der Waals surface area contributed by atoms with Gasteiger partial charge in [-0.1, -0.05) is 81.4 Å². The third-order valence-corrected chi connectivity index (χ3v) is 12.6. The van der Waals surface area contributed by atoms with Crippen LogP contribution in [0.25, 0.3) is 28.2 Å². The second-order valence-corrected chi connectivity index (χ2v) is 15.7. The van der Waals surface area contributed by atoms with E-state index in [9.17, 15) is 9.90 Å². The normalized spacial score (nSPS) is 12.3. The maximum Gasteiger partial charge on any atom is 0.328 e. The van der Waals surface area contributed by atoms with Gasteiger partial charge in [0.25, 0.3) is 8.32 Å². The van der Waals surface area contributed by atoms with Crippen molar-refractivity contribution in [2.24, 2.45) is 0 Å². The average Bonchev–Trinajstić information content (AvgIpc) is 3.39. The van der Waals surface area contributed by atoms with Crippen molar-refractivity contribution in [1.29, 1.82) is 0 Å². The molecule has 0 aliphatic heterocycles. The van der Waals surface area contributed by atoms with Gasteiger partial charge in [-0.25, -0.2) is 14.5 Å². The van der Waals surface area contributed by atoms with Crippen LogP contribution in [0.4, 0.5) is 0 Å². The van der Waals surface area contributed by atoms with Gasteiger partial charge in [0.1, 0.15) is 0 Å². The molecule has 5 rings (SSSR count). The Labute approximate surface area is 247 Å². The summed E-state index contributed by atoms with van der Waals surface area (Å²) in [5.41, 5.74) is 4.77. The zero-order valence-electron chi connectivity index (χ0n) is 24.7. The molecular weight excluding hydrogens is 540 g/mol. The molecule has 0 unspecified atom stereocenters. The number of carboxylic acids is 1. The van der Waals surface area contributed by atoms with Crippen LogP contribution in [-0.2, 0) is 22.4 Å². The number of fused-ring (bicyclic) bond motifs is 1. The Morgan fingerprint density at radius 2 is 1.64 bits per heavy atom. The number of aromatic nitrogens is 4. The minimum atomic E-state index is -2.89. The molecule has 2 aromatic carbocycles. The lowest BCUT2D eigenvalue weighted by atomic mass is 9.96. The van der Waals surface area contributed by atoms with E-state index in [0.717, 1.165) is 44.2 Å². The number of aliphatic carboxylic acids is 1. The third-order valence-electron chi connectivity index (χ3n) is 7.60. The zero-order valence-corrected chi connectivity index (χ0v) is 25.7. The van der Waals surface area contributed by atoms with E-state index in [4.69, 9.17) is 9.41 Å². The number of carbonyl (C=O) groups is 1. The minimum Gasteiger partial charge on any atom is -0.478 e. The predicted molar refractivity (Wildman–Crippen MR) is 170 cm³/mol. The van der Waals surface area contributed by atoms with Gasteiger partial charge >= 0.3 is 5.97 Å². The van der Waals surface area contributed by atoms with Gasteiger partial charge in [0, 0.05) is 47.1 Å². The fourth-order valence-electron chi connectivity index (χ4n) is 5.77. The van der Waals surface area contributed by atoms with E-state index in [2.05, 4.69) is 85.5 Å². The van der Waals surface area contributed by atoms with Crippen LogP contribution in [0.1, 0.15) is 44.5 Å². The van der Waals surface area contributed by atoms with Crippen molar-refractivity contribution in [2.75, 3.05) is 0 Å². The molecule has 3 heterocycles. The molecule has 0 spiro atoms. The van der Waals surface area contributed by atoms with Gasteiger partial charge in [0.05, 0.1) is 18.5 Å². The minimum absolute atomic E-state index is 0.184. The first-order chi connectivity index (χ1) is 20.2. The summed E-state index contributed by atoms with van der Waals surface area (Å²) in [4.78, 5) is 21.3. The highest BCUT2D eigenvalue weighted by atomic mass is 28.4. The maximum atomic E-state index is 11.8. The molecule has 0 saturated carbocycles. The molecular formula is C34H36N4O3Si. The first-order valence-corrected chi connectivity index (χ1v) is 16.0. The first kappa shape index (κ1) is 29.1. The van der Waals surface area contributed by atoms with Crippen molar-refractivity contribution < 1.29 is 14.3 Å². The first-order valence-electron chi connectivity index (χ1n) is 14.1. The molecule has 0 atom stereocenters. The van der Waals surface area contributed by atoms with Crippen LogP contribution in [0, 0.1) is 6.92 Å². The Morgan fingerprint density at radius 3 is 2.19 bits per heavy atom. The number of pyridine rings is 2. The van der Waals surface area contributed by atoms with Crippen LogP contribution >= 0.6 is 0 Å². The molecule has 0 bridgehead atoms. The molecule has 0 aliphatic rings. The quantitative estimate of drug-likeness (QED) is 0.171. The summed E-state index contributed by atoms with van der Waals surface area (Å²) in [5.74, 6) is -1.04. The van der Waals surface area contributed by atoms with Crippen LogP contribution in [0.2, 0.25) is 5.04 Å². The second-order valence-electron chi connectivity index (χ2n) is 11.4. The van der Waals surface area contributed by atoms with Gasteiger partial charge in [-0.3, -0.25) is 4.98 Å². The van der Waals surface area contributed by atoms with E-state index in [1.807, 2.05) is 30.7 Å². The van der Waals surface area contributed by atoms with E-state index in [-0.39, 0.29) is 11.6 Å². The molecule has 8 heteroatoms. The number of hydrogen-bond donors (Lipinski definition) is 1. The van der Waals surface area contributed by atoms with Crippen molar-refractivity contribution in [2.45, 2.75) is 52.8 Å². The topological polar surface area (TPSA) is 90.1 Å². The van der Waals surface area contributed by atoms with Crippen LogP contribution < -0.4 is 10.4 Å². The Hall–Kier alpha value is -4.40. The second kappa shape index (κ2) is 11.8. The fraction of sp³-hybridized carbons (Fsp3) is 0.235. The summed E-state index contributed by atoms with van der Waals surface area (Å²) in [6.07, 6.45) is 8.19. The third kappa shape index (κ3) is 5.43. The van der Waals surface area contributed by atoms with Crippen LogP contribution in [-0.4, -0.2) is 39.1 Å². The highest BCUT2D eigenvalue weighted by molar-refractivity contribution is 6.99.